The van der Waals surface area contributed by atoms with Crippen LogP contribution in [0.1, 0.15) is 32.2 Å². The predicted octanol–water partition coefficient (Wildman–Crippen LogP) is 4.79. The lowest BCUT2D eigenvalue weighted by Crippen LogP contribution is -2.16. The van der Waals surface area contributed by atoms with Crippen molar-refractivity contribution < 1.29 is 8.78 Å². The largest absolute Gasteiger partial charge is 0.323 e. The number of hydrogen-bond acceptors (Lipinski definition) is 2. The molecule has 144 valence electrons. The van der Waals surface area contributed by atoms with Crippen molar-refractivity contribution in [3.63, 3.8) is 0 Å². The first-order chi connectivity index (χ1) is 13.2. The Labute approximate surface area is 160 Å². The van der Waals surface area contributed by atoms with Gasteiger partial charge >= 0.3 is 0 Å². The van der Waals surface area contributed by atoms with Crippen LogP contribution in [0.3, 0.4) is 0 Å². The number of benzene rings is 2. The number of H-pyrrole nitrogens is 1. The average molecular weight is 381 g/mol. The summed E-state index contributed by atoms with van der Waals surface area (Å²) in [6.07, 6.45) is 0.742. The highest BCUT2D eigenvalue weighted by molar-refractivity contribution is 5.83. The maximum Gasteiger partial charge on any atom is 0.248 e. The summed E-state index contributed by atoms with van der Waals surface area (Å²) >= 11 is 0. The second kappa shape index (κ2) is 6.55. The van der Waals surface area contributed by atoms with E-state index in [0.717, 1.165) is 29.3 Å². The van der Waals surface area contributed by atoms with E-state index in [0.29, 0.717) is 17.5 Å². The minimum atomic E-state index is -1.04. The summed E-state index contributed by atoms with van der Waals surface area (Å²) in [5.74, 6) is -1.13. The average Bonchev–Trinajstić information content (AvgIpc) is 2.94. The molecular weight excluding hydrogens is 360 g/mol. The van der Waals surface area contributed by atoms with Gasteiger partial charge < -0.3 is 9.55 Å². The third-order valence-electron chi connectivity index (χ3n) is 4.74. The van der Waals surface area contributed by atoms with Crippen LogP contribution in [-0.4, -0.2) is 14.5 Å². The van der Waals surface area contributed by atoms with Gasteiger partial charge in [-0.15, -0.1) is 0 Å². The summed E-state index contributed by atoms with van der Waals surface area (Å²) in [5.41, 5.74) is 1.88. The standard InChI is InChI=1S/C22H21F2N3O/c1-22(2,3)11-18-25-16-6-4-5-7-17(16)27(18)12-13-10-19(28)26-21-14(13)8-9-15(23)20(21)24/h4-10H,11-12H2,1-3H3,(H,26,28). The number of imidazole rings is 1. The van der Waals surface area contributed by atoms with E-state index >= 15 is 0 Å². The lowest BCUT2D eigenvalue weighted by Gasteiger charge is -2.19. The first-order valence-corrected chi connectivity index (χ1v) is 9.17. The fourth-order valence-corrected chi connectivity index (χ4v) is 3.55. The van der Waals surface area contributed by atoms with E-state index in [4.69, 9.17) is 4.98 Å². The fourth-order valence-electron chi connectivity index (χ4n) is 3.55. The minimum Gasteiger partial charge on any atom is -0.323 e. The molecule has 2 heterocycles. The van der Waals surface area contributed by atoms with Gasteiger partial charge in [-0.25, -0.2) is 13.8 Å². The Balaban J connectivity index is 1.92. The molecule has 0 unspecified atom stereocenters. The molecule has 4 aromatic rings. The lowest BCUT2D eigenvalue weighted by atomic mass is 9.92. The van der Waals surface area contributed by atoms with Gasteiger partial charge in [0, 0.05) is 17.9 Å². The van der Waals surface area contributed by atoms with E-state index in [1.165, 1.54) is 12.1 Å². The Hall–Kier alpha value is -3.02. The first-order valence-electron chi connectivity index (χ1n) is 9.17. The highest BCUT2D eigenvalue weighted by atomic mass is 19.2. The molecule has 0 fully saturated rings. The number of para-hydroxylation sites is 2. The number of rotatable bonds is 3. The maximum absolute atomic E-state index is 14.2. The summed E-state index contributed by atoms with van der Waals surface area (Å²) in [7, 11) is 0. The van der Waals surface area contributed by atoms with Gasteiger partial charge in [0.15, 0.2) is 11.6 Å². The van der Waals surface area contributed by atoms with Crippen LogP contribution in [0.4, 0.5) is 8.78 Å². The third-order valence-corrected chi connectivity index (χ3v) is 4.74. The zero-order valence-electron chi connectivity index (χ0n) is 16.0. The molecule has 0 bridgehead atoms. The molecule has 0 aliphatic rings. The molecule has 0 spiro atoms. The van der Waals surface area contributed by atoms with Crippen molar-refractivity contribution in [2.45, 2.75) is 33.7 Å². The quantitative estimate of drug-likeness (QED) is 0.555. The number of halogens is 2. The molecule has 0 radical (unpaired) electrons. The lowest BCUT2D eigenvalue weighted by molar-refractivity contribution is 0.395. The van der Waals surface area contributed by atoms with Crippen molar-refractivity contribution in [3.8, 4) is 0 Å². The smallest absolute Gasteiger partial charge is 0.248 e. The van der Waals surface area contributed by atoms with Gasteiger partial charge in [-0.2, -0.15) is 0 Å². The zero-order chi connectivity index (χ0) is 20.1. The molecule has 6 heteroatoms. The van der Waals surface area contributed by atoms with Gasteiger partial charge in [-0.1, -0.05) is 32.9 Å². The molecule has 0 saturated heterocycles. The van der Waals surface area contributed by atoms with Crippen LogP contribution in [0.2, 0.25) is 0 Å². The number of aromatic nitrogens is 3. The van der Waals surface area contributed by atoms with Crippen LogP contribution < -0.4 is 5.56 Å². The predicted molar refractivity (Wildman–Crippen MR) is 106 cm³/mol. The summed E-state index contributed by atoms with van der Waals surface area (Å²) < 4.78 is 29.9. The Bertz CT molecular complexity index is 1250. The van der Waals surface area contributed by atoms with Gasteiger partial charge in [-0.3, -0.25) is 4.79 Å². The summed E-state index contributed by atoms with van der Waals surface area (Å²) in [5, 5.41) is 0.484. The highest BCUT2D eigenvalue weighted by Crippen LogP contribution is 2.27. The van der Waals surface area contributed by atoms with Crippen LogP contribution >= 0.6 is 0 Å². The van der Waals surface area contributed by atoms with Crippen LogP contribution in [-0.2, 0) is 13.0 Å². The molecule has 28 heavy (non-hydrogen) atoms. The van der Waals surface area contributed by atoms with E-state index in [1.807, 2.05) is 24.3 Å². The molecule has 0 amide bonds. The molecule has 0 atom stereocenters. The number of pyridine rings is 1. The number of aromatic amines is 1. The van der Waals surface area contributed by atoms with Crippen molar-refractivity contribution >= 4 is 21.9 Å². The normalized spacial score (nSPS) is 12.2. The third kappa shape index (κ3) is 3.30. The monoisotopic (exact) mass is 381 g/mol. The second-order valence-corrected chi connectivity index (χ2v) is 8.28. The molecule has 4 nitrogen and oxygen atoms in total. The maximum atomic E-state index is 14.2. The summed E-state index contributed by atoms with van der Waals surface area (Å²) in [6, 6.07) is 11.8. The van der Waals surface area contributed by atoms with Crippen LogP contribution in [0.5, 0.6) is 0 Å². The van der Waals surface area contributed by atoms with Gasteiger partial charge in [-0.05, 0) is 35.2 Å². The minimum absolute atomic E-state index is 0.0184. The molecular formula is C22H21F2N3O. The van der Waals surface area contributed by atoms with Crippen molar-refractivity contribution in [3.05, 3.63) is 75.8 Å². The van der Waals surface area contributed by atoms with E-state index in [2.05, 4.69) is 30.3 Å². The molecule has 0 saturated carbocycles. The van der Waals surface area contributed by atoms with Crippen molar-refractivity contribution in [2.75, 3.05) is 0 Å². The van der Waals surface area contributed by atoms with E-state index in [-0.39, 0.29) is 10.9 Å². The van der Waals surface area contributed by atoms with Gasteiger partial charge in [0.25, 0.3) is 0 Å². The molecule has 4 rings (SSSR count). The molecule has 1 N–H and O–H groups in total. The first kappa shape index (κ1) is 18.3. The highest BCUT2D eigenvalue weighted by Gasteiger charge is 2.19. The van der Waals surface area contributed by atoms with E-state index < -0.39 is 17.2 Å². The summed E-state index contributed by atoms with van der Waals surface area (Å²) in [4.78, 5) is 19.3. The number of nitrogens with one attached hydrogen (secondary N) is 1. The van der Waals surface area contributed by atoms with Crippen LogP contribution in [0.25, 0.3) is 21.9 Å². The van der Waals surface area contributed by atoms with Crippen LogP contribution in [0.15, 0.2) is 47.3 Å². The van der Waals surface area contributed by atoms with E-state index in [9.17, 15) is 13.6 Å². The topological polar surface area (TPSA) is 50.7 Å². The number of hydrogen-bond donors (Lipinski definition) is 1. The Kier molecular flexibility index (Phi) is 4.29. The van der Waals surface area contributed by atoms with Crippen molar-refractivity contribution in [2.24, 2.45) is 5.41 Å². The van der Waals surface area contributed by atoms with Crippen LogP contribution in [0, 0.1) is 17.0 Å². The Morgan fingerprint density at radius 3 is 2.61 bits per heavy atom. The Morgan fingerprint density at radius 1 is 1.11 bits per heavy atom. The molecule has 0 aliphatic carbocycles. The molecule has 2 aromatic carbocycles. The van der Waals surface area contributed by atoms with Gasteiger partial charge in [0.05, 0.1) is 23.1 Å². The molecule has 0 aliphatic heterocycles. The molecule has 2 aromatic heterocycles. The fraction of sp³-hybridized carbons (Fsp3) is 0.273. The SMILES string of the molecule is CC(C)(C)Cc1nc2ccccc2n1Cc1cc(=O)[nH]c2c(F)c(F)ccc12. The van der Waals surface area contributed by atoms with Crippen molar-refractivity contribution in [1.29, 1.82) is 0 Å². The van der Waals surface area contributed by atoms with Gasteiger partial charge in [0.2, 0.25) is 5.56 Å². The van der Waals surface area contributed by atoms with E-state index in [1.54, 1.807) is 0 Å². The zero-order valence-corrected chi connectivity index (χ0v) is 16.0. The summed E-state index contributed by atoms with van der Waals surface area (Å²) in [6.45, 7) is 6.75. The van der Waals surface area contributed by atoms with Crippen molar-refractivity contribution in [1.82, 2.24) is 14.5 Å². The number of fused-ring (bicyclic) bond motifs is 2. The second-order valence-electron chi connectivity index (χ2n) is 8.28. The number of nitrogens with zero attached hydrogens (tertiary/aromatic N) is 2. The Morgan fingerprint density at radius 2 is 1.86 bits per heavy atom. The van der Waals surface area contributed by atoms with Gasteiger partial charge in [0.1, 0.15) is 5.82 Å².